The Bertz CT molecular complexity index is 881. The Balaban J connectivity index is 1.47. The zero-order chi connectivity index (χ0) is 20.8. The molecule has 29 heavy (non-hydrogen) atoms. The Hall–Kier alpha value is -2.52. The minimum Gasteiger partial charge on any atom is -0.367 e. The highest BCUT2D eigenvalue weighted by Crippen LogP contribution is 2.41. The third-order valence-electron chi connectivity index (χ3n) is 5.93. The summed E-state index contributed by atoms with van der Waals surface area (Å²) in [5, 5.41) is 11.6. The van der Waals surface area contributed by atoms with Crippen LogP contribution in [0, 0.1) is 0 Å². The van der Waals surface area contributed by atoms with Crippen LogP contribution in [0.5, 0.6) is 0 Å². The molecule has 0 radical (unpaired) electrons. The molecule has 10 heteroatoms. The first kappa shape index (κ1) is 19.8. The lowest BCUT2D eigenvalue weighted by molar-refractivity contribution is -0.173. The lowest BCUT2D eigenvalue weighted by atomic mass is 9.93. The maximum Gasteiger partial charge on any atom is 0.410 e. The molecule has 0 spiro atoms. The van der Waals surface area contributed by atoms with Crippen molar-refractivity contribution in [1.82, 2.24) is 24.5 Å². The van der Waals surface area contributed by atoms with Gasteiger partial charge in [-0.15, -0.1) is 0 Å². The number of hydrogen-bond donors (Lipinski definition) is 1. The number of alkyl halides is 3. The number of halogens is 3. The van der Waals surface area contributed by atoms with E-state index >= 15 is 0 Å². The normalized spacial score (nSPS) is 23.0. The molecule has 2 aliphatic heterocycles. The van der Waals surface area contributed by atoms with Gasteiger partial charge in [-0.2, -0.15) is 23.4 Å². The van der Waals surface area contributed by atoms with Gasteiger partial charge in [0.2, 0.25) is 0 Å². The van der Waals surface area contributed by atoms with Crippen LogP contribution in [0.1, 0.15) is 60.6 Å². The van der Waals surface area contributed by atoms with E-state index in [4.69, 9.17) is 0 Å². The SMILES string of the molecule is CC[C@@H]1C[C@H](C(F)(F)F)n2nc(C3CCN(C(=O)c4cnn(C)c4)CC3)cc2N1. The molecule has 0 aromatic carbocycles. The average Bonchev–Trinajstić information content (AvgIpc) is 3.32. The number of anilines is 1. The van der Waals surface area contributed by atoms with E-state index in [0.717, 1.165) is 4.68 Å². The molecule has 2 atom stereocenters. The van der Waals surface area contributed by atoms with Crippen molar-refractivity contribution in [3.8, 4) is 0 Å². The average molecular weight is 410 g/mol. The monoisotopic (exact) mass is 410 g/mol. The van der Waals surface area contributed by atoms with Crippen molar-refractivity contribution in [3.05, 3.63) is 29.7 Å². The third kappa shape index (κ3) is 3.84. The molecule has 4 rings (SSSR count). The van der Waals surface area contributed by atoms with Gasteiger partial charge in [0.1, 0.15) is 5.82 Å². The van der Waals surface area contributed by atoms with Gasteiger partial charge in [0.15, 0.2) is 6.04 Å². The summed E-state index contributed by atoms with van der Waals surface area (Å²) in [5.74, 6) is 0.418. The van der Waals surface area contributed by atoms with Crippen LogP contribution in [0.15, 0.2) is 18.5 Å². The second kappa shape index (κ2) is 7.38. The number of rotatable bonds is 3. The Morgan fingerprint density at radius 2 is 2.03 bits per heavy atom. The quantitative estimate of drug-likeness (QED) is 0.843. The summed E-state index contributed by atoms with van der Waals surface area (Å²) in [5.41, 5.74) is 1.22. The molecule has 2 aliphatic rings. The number of nitrogens with zero attached hydrogens (tertiary/aromatic N) is 5. The minimum atomic E-state index is -4.33. The molecular formula is C19H25F3N6O. The number of fused-ring (bicyclic) bond motifs is 1. The smallest absolute Gasteiger partial charge is 0.367 e. The van der Waals surface area contributed by atoms with E-state index in [1.807, 2.05) is 6.92 Å². The molecule has 0 unspecified atom stereocenters. The van der Waals surface area contributed by atoms with E-state index in [1.54, 1.807) is 35.1 Å². The number of carbonyl (C=O) groups excluding carboxylic acids is 1. The summed E-state index contributed by atoms with van der Waals surface area (Å²) in [7, 11) is 1.76. The largest absolute Gasteiger partial charge is 0.410 e. The maximum absolute atomic E-state index is 13.5. The number of likely N-dealkylation sites (tertiary alicyclic amines) is 1. The van der Waals surface area contributed by atoms with E-state index in [-0.39, 0.29) is 24.3 Å². The number of aromatic nitrogens is 4. The molecule has 1 amide bonds. The summed E-state index contributed by atoms with van der Waals surface area (Å²) in [6, 6.07) is -0.0496. The van der Waals surface area contributed by atoms with Gasteiger partial charge in [-0.1, -0.05) is 6.92 Å². The molecule has 0 aliphatic carbocycles. The van der Waals surface area contributed by atoms with Crippen LogP contribution >= 0.6 is 0 Å². The fourth-order valence-corrected chi connectivity index (χ4v) is 4.23. The Labute approximate surface area is 166 Å². The van der Waals surface area contributed by atoms with Crippen molar-refractivity contribution in [3.63, 3.8) is 0 Å². The van der Waals surface area contributed by atoms with Gasteiger partial charge in [-0.05, 0) is 25.7 Å². The molecule has 2 aromatic heterocycles. The van der Waals surface area contributed by atoms with Crippen molar-refractivity contribution in [1.29, 1.82) is 0 Å². The van der Waals surface area contributed by atoms with E-state index in [1.165, 1.54) is 0 Å². The van der Waals surface area contributed by atoms with Crippen LogP contribution < -0.4 is 5.32 Å². The molecule has 4 heterocycles. The first-order valence-electron chi connectivity index (χ1n) is 9.97. The number of carbonyl (C=O) groups is 1. The van der Waals surface area contributed by atoms with Crippen LogP contribution in [0.2, 0.25) is 0 Å². The van der Waals surface area contributed by atoms with E-state index in [2.05, 4.69) is 15.5 Å². The van der Waals surface area contributed by atoms with Crippen molar-refractivity contribution >= 4 is 11.7 Å². The van der Waals surface area contributed by atoms with Gasteiger partial charge >= 0.3 is 6.18 Å². The molecule has 7 nitrogen and oxygen atoms in total. The molecule has 0 saturated carbocycles. The first-order chi connectivity index (χ1) is 13.8. The second-order valence-electron chi connectivity index (χ2n) is 7.91. The molecule has 158 valence electrons. The Morgan fingerprint density at radius 3 is 2.62 bits per heavy atom. The molecule has 1 saturated heterocycles. The predicted octanol–water partition coefficient (Wildman–Crippen LogP) is 3.33. The highest BCUT2D eigenvalue weighted by molar-refractivity contribution is 5.93. The highest BCUT2D eigenvalue weighted by atomic mass is 19.4. The topological polar surface area (TPSA) is 68.0 Å². The van der Waals surface area contributed by atoms with Gasteiger partial charge < -0.3 is 10.2 Å². The van der Waals surface area contributed by atoms with Crippen molar-refractivity contribution in [2.24, 2.45) is 7.05 Å². The second-order valence-corrected chi connectivity index (χ2v) is 7.91. The molecule has 1 fully saturated rings. The minimum absolute atomic E-state index is 0.00776. The van der Waals surface area contributed by atoms with Gasteiger partial charge in [0, 0.05) is 44.4 Å². The van der Waals surface area contributed by atoms with Crippen LogP contribution in [-0.2, 0) is 7.05 Å². The fourth-order valence-electron chi connectivity index (χ4n) is 4.23. The van der Waals surface area contributed by atoms with Gasteiger partial charge in [-0.3, -0.25) is 9.48 Å². The van der Waals surface area contributed by atoms with E-state index in [9.17, 15) is 18.0 Å². The summed E-state index contributed by atoms with van der Waals surface area (Å²) in [6.07, 6.45) is 0.879. The van der Waals surface area contributed by atoms with Crippen LogP contribution in [0.25, 0.3) is 0 Å². The summed E-state index contributed by atoms with van der Waals surface area (Å²) in [6.45, 7) is 2.98. The standard InChI is InChI=1S/C19H25F3N6O/c1-3-14-8-16(19(20,21)22)28-17(24-14)9-15(25-28)12-4-6-27(7-5-12)18(29)13-10-23-26(2)11-13/h9-12,14,16,24H,3-8H2,1-2H3/t14-,16-/m1/s1. The molecule has 2 aromatic rings. The van der Waals surface area contributed by atoms with Crippen molar-refractivity contribution in [2.45, 2.75) is 56.8 Å². The van der Waals surface area contributed by atoms with Crippen LogP contribution in [0.4, 0.5) is 19.0 Å². The molecular weight excluding hydrogens is 385 g/mol. The number of piperidine rings is 1. The van der Waals surface area contributed by atoms with Gasteiger partial charge in [-0.25, -0.2) is 4.68 Å². The molecule has 0 bridgehead atoms. The van der Waals surface area contributed by atoms with Gasteiger partial charge in [0.05, 0.1) is 17.5 Å². The lowest BCUT2D eigenvalue weighted by Crippen LogP contribution is -2.39. The number of aryl methyl sites for hydroxylation is 1. The first-order valence-corrected chi connectivity index (χ1v) is 9.97. The Morgan fingerprint density at radius 1 is 1.31 bits per heavy atom. The summed E-state index contributed by atoms with van der Waals surface area (Å²) < 4.78 is 43.3. The van der Waals surface area contributed by atoms with Crippen molar-refractivity contribution in [2.75, 3.05) is 18.4 Å². The number of nitrogens with one attached hydrogen (secondary N) is 1. The maximum atomic E-state index is 13.5. The van der Waals surface area contributed by atoms with Crippen LogP contribution in [-0.4, -0.2) is 55.7 Å². The highest BCUT2D eigenvalue weighted by Gasteiger charge is 2.46. The number of amides is 1. The Kier molecular flexibility index (Phi) is 5.04. The number of hydrogen-bond acceptors (Lipinski definition) is 4. The predicted molar refractivity (Wildman–Crippen MR) is 101 cm³/mol. The molecule has 1 N–H and O–H groups in total. The van der Waals surface area contributed by atoms with Crippen molar-refractivity contribution < 1.29 is 18.0 Å². The third-order valence-corrected chi connectivity index (χ3v) is 5.93. The fraction of sp³-hybridized carbons (Fsp3) is 0.632. The van der Waals surface area contributed by atoms with E-state index < -0.39 is 12.2 Å². The van der Waals surface area contributed by atoms with Gasteiger partial charge in [0.25, 0.3) is 5.91 Å². The summed E-state index contributed by atoms with van der Waals surface area (Å²) >= 11 is 0. The lowest BCUT2D eigenvalue weighted by Gasteiger charge is -2.32. The van der Waals surface area contributed by atoms with Crippen LogP contribution in [0.3, 0.4) is 0 Å². The zero-order valence-corrected chi connectivity index (χ0v) is 16.5. The van der Waals surface area contributed by atoms with E-state index in [0.29, 0.717) is 49.4 Å². The summed E-state index contributed by atoms with van der Waals surface area (Å²) in [4.78, 5) is 14.3. The zero-order valence-electron chi connectivity index (χ0n) is 16.5.